The molecule has 0 aliphatic heterocycles. The SMILES string of the molecule is C/C(=N/NC(=O)c1ccc(CN(c2cc(Cl)ccc2C)S(=O)(=O)c2ccccc2)cc1)c1ccc([N+](=O)[O-])cc1. The van der Waals surface area contributed by atoms with Gasteiger partial charge in [0.2, 0.25) is 0 Å². The smallest absolute Gasteiger partial charge is 0.267 e. The van der Waals surface area contributed by atoms with Crippen LogP contribution in [-0.4, -0.2) is 25.0 Å². The maximum Gasteiger partial charge on any atom is 0.271 e. The van der Waals surface area contributed by atoms with E-state index in [2.05, 4.69) is 10.5 Å². The molecule has 1 amide bonds. The highest BCUT2D eigenvalue weighted by Crippen LogP contribution is 2.31. The molecule has 0 aliphatic carbocycles. The van der Waals surface area contributed by atoms with Crippen LogP contribution in [0.4, 0.5) is 11.4 Å². The molecular weight excluding hydrogens is 552 g/mol. The number of carbonyl (C=O) groups is 1. The standard InChI is InChI=1S/C29H25ClN4O5S/c1-20-8-15-25(30)18-28(20)33(40(38,39)27-6-4-3-5-7-27)19-22-9-11-24(12-10-22)29(35)32-31-21(2)23-13-16-26(17-14-23)34(36)37/h3-18H,19H2,1-2H3,(H,32,35)/b31-21-. The average Bonchev–Trinajstić information content (AvgIpc) is 2.96. The van der Waals surface area contributed by atoms with Gasteiger partial charge in [0.05, 0.1) is 27.8 Å². The molecule has 40 heavy (non-hydrogen) atoms. The molecular formula is C29H25ClN4O5S. The van der Waals surface area contributed by atoms with Gasteiger partial charge >= 0.3 is 0 Å². The summed E-state index contributed by atoms with van der Waals surface area (Å²) in [4.78, 5) is 23.2. The van der Waals surface area contributed by atoms with Crippen molar-refractivity contribution < 1.29 is 18.1 Å². The Hall–Kier alpha value is -4.54. The van der Waals surface area contributed by atoms with Crippen molar-refractivity contribution in [2.45, 2.75) is 25.3 Å². The summed E-state index contributed by atoms with van der Waals surface area (Å²) in [6.07, 6.45) is 0. The van der Waals surface area contributed by atoms with E-state index >= 15 is 0 Å². The molecule has 0 radical (unpaired) electrons. The van der Waals surface area contributed by atoms with E-state index in [4.69, 9.17) is 11.6 Å². The molecule has 0 fully saturated rings. The van der Waals surface area contributed by atoms with Crippen LogP contribution in [0.1, 0.15) is 34.0 Å². The maximum absolute atomic E-state index is 13.7. The first-order chi connectivity index (χ1) is 19.1. The predicted molar refractivity (Wildman–Crippen MR) is 155 cm³/mol. The summed E-state index contributed by atoms with van der Waals surface area (Å²) >= 11 is 6.22. The second-order valence-electron chi connectivity index (χ2n) is 8.89. The van der Waals surface area contributed by atoms with Gasteiger partial charge in [0.1, 0.15) is 0 Å². The molecule has 0 aromatic heterocycles. The molecule has 4 aromatic rings. The van der Waals surface area contributed by atoms with Gasteiger partial charge in [0.25, 0.3) is 21.6 Å². The number of nitrogens with zero attached hydrogens (tertiary/aromatic N) is 3. The fourth-order valence-corrected chi connectivity index (χ4v) is 5.58. The number of amides is 1. The van der Waals surface area contributed by atoms with Crippen LogP contribution >= 0.6 is 11.6 Å². The van der Waals surface area contributed by atoms with E-state index in [0.29, 0.717) is 33.1 Å². The van der Waals surface area contributed by atoms with Gasteiger partial charge < -0.3 is 0 Å². The number of rotatable bonds is 9. The number of carbonyl (C=O) groups excluding carboxylic acids is 1. The highest BCUT2D eigenvalue weighted by molar-refractivity contribution is 7.92. The molecule has 0 saturated heterocycles. The normalized spacial score (nSPS) is 11.6. The zero-order chi connectivity index (χ0) is 28.9. The van der Waals surface area contributed by atoms with E-state index in [1.807, 2.05) is 6.92 Å². The minimum atomic E-state index is -3.93. The molecule has 0 aliphatic rings. The first kappa shape index (κ1) is 28.5. The lowest BCUT2D eigenvalue weighted by Gasteiger charge is -2.26. The average molecular weight is 577 g/mol. The first-order valence-electron chi connectivity index (χ1n) is 12.1. The van der Waals surface area contributed by atoms with E-state index in [9.17, 15) is 23.3 Å². The van der Waals surface area contributed by atoms with Crippen LogP contribution in [0.3, 0.4) is 0 Å². The zero-order valence-electron chi connectivity index (χ0n) is 21.6. The monoisotopic (exact) mass is 576 g/mol. The van der Waals surface area contributed by atoms with Crippen molar-refractivity contribution in [3.8, 4) is 0 Å². The third-order valence-electron chi connectivity index (χ3n) is 6.13. The van der Waals surface area contributed by atoms with Crippen molar-refractivity contribution in [3.05, 3.63) is 134 Å². The minimum Gasteiger partial charge on any atom is -0.267 e. The number of sulfonamides is 1. The summed E-state index contributed by atoms with van der Waals surface area (Å²) < 4.78 is 28.6. The van der Waals surface area contributed by atoms with Gasteiger partial charge in [-0.05, 0) is 79.1 Å². The van der Waals surface area contributed by atoms with Crippen LogP contribution in [0.25, 0.3) is 0 Å². The topological polar surface area (TPSA) is 122 Å². The second kappa shape index (κ2) is 12.1. The van der Waals surface area contributed by atoms with Crippen LogP contribution in [0, 0.1) is 17.0 Å². The third kappa shape index (κ3) is 6.53. The van der Waals surface area contributed by atoms with Gasteiger partial charge in [-0.2, -0.15) is 5.10 Å². The van der Waals surface area contributed by atoms with Gasteiger partial charge in [-0.25, -0.2) is 13.8 Å². The molecule has 0 saturated carbocycles. The fraction of sp³-hybridized carbons (Fsp3) is 0.103. The quantitative estimate of drug-likeness (QED) is 0.146. The molecule has 4 aromatic carbocycles. The van der Waals surface area contributed by atoms with E-state index in [0.717, 1.165) is 5.56 Å². The van der Waals surface area contributed by atoms with E-state index in [-0.39, 0.29) is 17.1 Å². The number of anilines is 1. The molecule has 204 valence electrons. The van der Waals surface area contributed by atoms with Gasteiger partial charge in [-0.3, -0.25) is 19.2 Å². The molecule has 4 rings (SSSR count). The van der Waals surface area contributed by atoms with Crippen molar-refractivity contribution in [2.75, 3.05) is 4.31 Å². The molecule has 0 heterocycles. The lowest BCUT2D eigenvalue weighted by atomic mass is 10.1. The van der Waals surface area contributed by atoms with Gasteiger partial charge in [0.15, 0.2) is 0 Å². The first-order valence-corrected chi connectivity index (χ1v) is 13.9. The van der Waals surface area contributed by atoms with Crippen LogP contribution in [0.15, 0.2) is 107 Å². The van der Waals surface area contributed by atoms with Crippen LogP contribution in [0.5, 0.6) is 0 Å². The number of nitrogens with one attached hydrogen (secondary N) is 1. The van der Waals surface area contributed by atoms with Gasteiger partial charge in [0, 0.05) is 22.7 Å². The largest absolute Gasteiger partial charge is 0.271 e. The number of nitro benzene ring substituents is 1. The Balaban J connectivity index is 1.54. The maximum atomic E-state index is 13.7. The van der Waals surface area contributed by atoms with E-state index < -0.39 is 20.9 Å². The van der Waals surface area contributed by atoms with E-state index in [1.54, 1.807) is 79.7 Å². The number of hydrazone groups is 1. The Morgan fingerprint density at radius 2 is 1.57 bits per heavy atom. The molecule has 0 spiro atoms. The Morgan fingerprint density at radius 1 is 0.950 bits per heavy atom. The Labute approximate surface area is 236 Å². The fourth-order valence-electron chi connectivity index (χ4n) is 3.89. The number of halogens is 1. The Bertz CT molecular complexity index is 1670. The second-order valence-corrected chi connectivity index (χ2v) is 11.2. The lowest BCUT2D eigenvalue weighted by Crippen LogP contribution is -2.31. The molecule has 9 nitrogen and oxygen atoms in total. The Morgan fingerprint density at radius 3 is 2.20 bits per heavy atom. The van der Waals surface area contributed by atoms with E-state index in [1.165, 1.54) is 28.6 Å². The van der Waals surface area contributed by atoms with Crippen molar-refractivity contribution in [3.63, 3.8) is 0 Å². The van der Waals surface area contributed by atoms with Crippen LogP contribution in [0.2, 0.25) is 5.02 Å². The molecule has 0 atom stereocenters. The van der Waals surface area contributed by atoms with Crippen molar-refractivity contribution in [1.82, 2.24) is 5.43 Å². The lowest BCUT2D eigenvalue weighted by molar-refractivity contribution is -0.384. The summed E-state index contributed by atoms with van der Waals surface area (Å²) in [7, 11) is -3.93. The van der Waals surface area contributed by atoms with Crippen molar-refractivity contribution >= 4 is 44.6 Å². The highest BCUT2D eigenvalue weighted by atomic mass is 35.5. The molecule has 1 N–H and O–H groups in total. The summed E-state index contributed by atoms with van der Waals surface area (Å²) in [6, 6.07) is 25.6. The summed E-state index contributed by atoms with van der Waals surface area (Å²) in [5, 5.41) is 15.3. The number of hydrogen-bond acceptors (Lipinski definition) is 6. The molecule has 0 unspecified atom stereocenters. The number of non-ortho nitro benzene ring substituents is 1. The predicted octanol–water partition coefficient (Wildman–Crippen LogP) is 6.11. The van der Waals surface area contributed by atoms with Gasteiger partial charge in [-0.15, -0.1) is 0 Å². The minimum absolute atomic E-state index is 0.0116. The number of benzene rings is 4. The van der Waals surface area contributed by atoms with Crippen molar-refractivity contribution in [1.29, 1.82) is 0 Å². The Kier molecular flexibility index (Phi) is 8.61. The highest BCUT2D eigenvalue weighted by Gasteiger charge is 2.26. The summed E-state index contributed by atoms with van der Waals surface area (Å²) in [5.74, 6) is -0.465. The summed E-state index contributed by atoms with van der Waals surface area (Å²) in [5.41, 5.74) is 5.69. The van der Waals surface area contributed by atoms with Crippen molar-refractivity contribution in [2.24, 2.45) is 5.10 Å². The molecule has 0 bridgehead atoms. The summed E-state index contributed by atoms with van der Waals surface area (Å²) in [6.45, 7) is 3.49. The van der Waals surface area contributed by atoms with Crippen LogP contribution in [-0.2, 0) is 16.6 Å². The zero-order valence-corrected chi connectivity index (χ0v) is 23.2. The number of aryl methyl sites for hydroxylation is 1. The number of hydrogen-bond donors (Lipinski definition) is 1. The van der Waals surface area contributed by atoms with Crippen LogP contribution < -0.4 is 9.73 Å². The molecule has 11 heteroatoms. The number of nitro groups is 1. The third-order valence-corrected chi connectivity index (χ3v) is 8.14. The van der Waals surface area contributed by atoms with Gasteiger partial charge in [-0.1, -0.05) is 48.0 Å².